The van der Waals surface area contributed by atoms with Crippen molar-refractivity contribution in [3.63, 3.8) is 0 Å². The third-order valence-corrected chi connectivity index (χ3v) is 3.57. The van der Waals surface area contributed by atoms with Gasteiger partial charge in [-0.15, -0.1) is 0 Å². The maximum Gasteiger partial charge on any atom is 0.246 e. The summed E-state index contributed by atoms with van der Waals surface area (Å²) >= 11 is 0. The van der Waals surface area contributed by atoms with Crippen LogP contribution >= 0.6 is 0 Å². The van der Waals surface area contributed by atoms with Crippen molar-refractivity contribution >= 4 is 11.6 Å². The highest BCUT2D eigenvalue weighted by molar-refractivity contribution is 6.02. The number of aryl methyl sites for hydroxylation is 1. The van der Waals surface area contributed by atoms with E-state index < -0.39 is 0 Å². The van der Waals surface area contributed by atoms with Crippen LogP contribution in [0.2, 0.25) is 0 Å². The highest BCUT2D eigenvalue weighted by Gasteiger charge is 2.31. The van der Waals surface area contributed by atoms with Gasteiger partial charge in [0.05, 0.1) is 0 Å². The Bertz CT molecular complexity index is 508. The van der Waals surface area contributed by atoms with Crippen molar-refractivity contribution in [3.05, 3.63) is 29.3 Å². The van der Waals surface area contributed by atoms with Crippen molar-refractivity contribution in [2.24, 2.45) is 5.41 Å². The first kappa shape index (κ1) is 15.0. The molecule has 0 saturated carbocycles. The van der Waals surface area contributed by atoms with Gasteiger partial charge in [0.25, 0.3) is 0 Å². The van der Waals surface area contributed by atoms with Crippen LogP contribution in [-0.4, -0.2) is 38.0 Å². The minimum Gasteiger partial charge on any atom is -0.324 e. The minimum atomic E-state index is -0.230. The van der Waals surface area contributed by atoms with Crippen molar-refractivity contribution in [2.75, 3.05) is 32.5 Å². The third-order valence-electron chi connectivity index (χ3n) is 3.57. The number of amides is 1. The summed E-state index contributed by atoms with van der Waals surface area (Å²) in [6, 6.07) is 5.86. The van der Waals surface area contributed by atoms with Crippen LogP contribution in [-0.2, 0) is 4.79 Å². The van der Waals surface area contributed by atoms with Crippen molar-refractivity contribution in [1.29, 1.82) is 0 Å². The van der Waals surface area contributed by atoms with E-state index in [1.54, 1.807) is 0 Å². The van der Waals surface area contributed by atoms with Gasteiger partial charge in [-0.25, -0.2) is 0 Å². The van der Waals surface area contributed by atoms with E-state index in [0.717, 1.165) is 24.3 Å². The van der Waals surface area contributed by atoms with Gasteiger partial charge < -0.3 is 15.5 Å². The fourth-order valence-corrected chi connectivity index (χ4v) is 2.87. The lowest BCUT2D eigenvalue weighted by atomic mass is 9.92. The van der Waals surface area contributed by atoms with Gasteiger partial charge in [-0.2, -0.15) is 0 Å². The zero-order valence-electron chi connectivity index (χ0n) is 13.1. The molecule has 1 atom stereocenters. The molecule has 2 N–H and O–H groups in total. The van der Waals surface area contributed by atoms with Crippen LogP contribution in [0, 0.1) is 12.3 Å². The van der Waals surface area contributed by atoms with E-state index in [9.17, 15) is 4.79 Å². The zero-order chi connectivity index (χ0) is 14.9. The Balaban J connectivity index is 2.08. The highest BCUT2D eigenvalue weighted by atomic mass is 16.2. The molecule has 0 aliphatic carbocycles. The van der Waals surface area contributed by atoms with E-state index in [1.165, 1.54) is 5.56 Å². The largest absolute Gasteiger partial charge is 0.324 e. The molecule has 4 heteroatoms. The second-order valence-corrected chi connectivity index (χ2v) is 6.80. The highest BCUT2D eigenvalue weighted by Crippen LogP contribution is 2.32. The lowest BCUT2D eigenvalue weighted by Crippen LogP contribution is -2.40. The second-order valence-electron chi connectivity index (χ2n) is 6.80. The molecule has 1 aromatic carbocycles. The Kier molecular flexibility index (Phi) is 4.16. The van der Waals surface area contributed by atoms with Crippen LogP contribution in [0.4, 0.5) is 5.69 Å². The third kappa shape index (κ3) is 3.38. The zero-order valence-corrected chi connectivity index (χ0v) is 13.1. The first-order valence-electron chi connectivity index (χ1n) is 7.08. The SMILES string of the molecule is Cc1ccc2c(c1)C(NCC(C)(C)CN(C)C)C(=O)N2. The van der Waals surface area contributed by atoms with E-state index >= 15 is 0 Å². The van der Waals surface area contributed by atoms with Crippen molar-refractivity contribution in [1.82, 2.24) is 10.2 Å². The number of carbonyl (C=O) groups excluding carboxylic acids is 1. The van der Waals surface area contributed by atoms with Crippen LogP contribution in [0.1, 0.15) is 31.0 Å². The van der Waals surface area contributed by atoms with Crippen molar-refractivity contribution in [2.45, 2.75) is 26.8 Å². The summed E-state index contributed by atoms with van der Waals surface area (Å²) in [4.78, 5) is 14.3. The normalized spacial score (nSPS) is 18.3. The van der Waals surface area contributed by atoms with Crippen LogP contribution < -0.4 is 10.6 Å². The Labute approximate surface area is 121 Å². The molecule has 1 aromatic rings. The number of hydrogen-bond donors (Lipinski definition) is 2. The molecule has 4 nitrogen and oxygen atoms in total. The van der Waals surface area contributed by atoms with Gasteiger partial charge in [0.15, 0.2) is 0 Å². The maximum absolute atomic E-state index is 12.1. The number of fused-ring (bicyclic) bond motifs is 1. The number of anilines is 1. The number of benzene rings is 1. The molecule has 1 unspecified atom stereocenters. The van der Waals surface area contributed by atoms with Crippen LogP contribution in [0.25, 0.3) is 0 Å². The monoisotopic (exact) mass is 275 g/mol. The summed E-state index contributed by atoms with van der Waals surface area (Å²) in [7, 11) is 4.14. The average Bonchev–Trinajstić information content (AvgIpc) is 2.60. The lowest BCUT2D eigenvalue weighted by molar-refractivity contribution is -0.117. The molecule has 20 heavy (non-hydrogen) atoms. The fourth-order valence-electron chi connectivity index (χ4n) is 2.87. The summed E-state index contributed by atoms with van der Waals surface area (Å²) in [5.74, 6) is 0.0475. The Morgan fingerprint density at radius 1 is 1.35 bits per heavy atom. The standard InChI is InChI=1S/C16H25N3O/c1-11-6-7-13-12(8-11)14(15(20)18-13)17-9-16(2,3)10-19(4)5/h6-8,14,17H,9-10H2,1-5H3,(H,18,20). The van der Waals surface area contributed by atoms with E-state index in [2.05, 4.69) is 56.5 Å². The smallest absolute Gasteiger partial charge is 0.246 e. The number of nitrogens with one attached hydrogen (secondary N) is 2. The van der Waals surface area contributed by atoms with E-state index in [1.807, 2.05) is 12.1 Å². The summed E-state index contributed by atoms with van der Waals surface area (Å²) in [6.07, 6.45) is 0. The topological polar surface area (TPSA) is 44.4 Å². The Morgan fingerprint density at radius 2 is 2.05 bits per heavy atom. The second kappa shape index (κ2) is 5.54. The van der Waals surface area contributed by atoms with Gasteiger partial charge in [-0.05, 0) is 32.5 Å². The molecular weight excluding hydrogens is 250 g/mol. The minimum absolute atomic E-state index is 0.0475. The molecule has 0 radical (unpaired) electrons. The lowest BCUT2D eigenvalue weighted by Gasteiger charge is -2.29. The molecule has 0 aromatic heterocycles. The first-order valence-corrected chi connectivity index (χ1v) is 7.08. The van der Waals surface area contributed by atoms with Gasteiger partial charge in [-0.1, -0.05) is 31.5 Å². The average molecular weight is 275 g/mol. The Morgan fingerprint density at radius 3 is 2.70 bits per heavy atom. The van der Waals surface area contributed by atoms with E-state index in [0.29, 0.717) is 0 Å². The van der Waals surface area contributed by atoms with Gasteiger partial charge in [0, 0.05) is 24.3 Å². The summed E-state index contributed by atoms with van der Waals surface area (Å²) < 4.78 is 0. The van der Waals surface area contributed by atoms with E-state index in [-0.39, 0.29) is 17.4 Å². The van der Waals surface area contributed by atoms with Gasteiger partial charge in [0.2, 0.25) is 5.91 Å². The first-order chi connectivity index (χ1) is 9.28. The Hall–Kier alpha value is -1.39. The molecule has 110 valence electrons. The molecule has 2 rings (SSSR count). The molecular formula is C16H25N3O. The number of carbonyl (C=O) groups is 1. The quantitative estimate of drug-likeness (QED) is 0.865. The molecule has 0 bridgehead atoms. The number of nitrogens with zero attached hydrogens (tertiary/aromatic N) is 1. The van der Waals surface area contributed by atoms with Crippen LogP contribution in [0.15, 0.2) is 18.2 Å². The molecule has 0 fully saturated rings. The summed E-state index contributed by atoms with van der Waals surface area (Å²) in [5.41, 5.74) is 3.30. The molecule has 1 aliphatic heterocycles. The maximum atomic E-state index is 12.1. The predicted octanol–water partition coefficient (Wildman–Crippen LogP) is 2.17. The van der Waals surface area contributed by atoms with E-state index in [4.69, 9.17) is 0 Å². The molecule has 0 saturated heterocycles. The predicted molar refractivity (Wildman–Crippen MR) is 82.9 cm³/mol. The van der Waals surface area contributed by atoms with Gasteiger partial charge in [-0.3, -0.25) is 4.79 Å². The number of rotatable bonds is 5. The van der Waals surface area contributed by atoms with Gasteiger partial charge in [0.1, 0.15) is 6.04 Å². The molecule has 0 spiro atoms. The van der Waals surface area contributed by atoms with Crippen LogP contribution in [0.5, 0.6) is 0 Å². The molecule has 1 aliphatic rings. The molecule has 1 amide bonds. The van der Waals surface area contributed by atoms with Crippen molar-refractivity contribution < 1.29 is 4.79 Å². The molecule has 1 heterocycles. The summed E-state index contributed by atoms with van der Waals surface area (Å²) in [6.45, 7) is 8.26. The summed E-state index contributed by atoms with van der Waals surface area (Å²) in [5, 5.41) is 6.36. The van der Waals surface area contributed by atoms with Crippen LogP contribution in [0.3, 0.4) is 0 Å². The number of hydrogen-bond acceptors (Lipinski definition) is 3. The van der Waals surface area contributed by atoms with Gasteiger partial charge >= 0.3 is 0 Å². The van der Waals surface area contributed by atoms with Crippen molar-refractivity contribution in [3.8, 4) is 0 Å². The fraction of sp³-hybridized carbons (Fsp3) is 0.562.